The van der Waals surface area contributed by atoms with Crippen LogP contribution in [0.2, 0.25) is 0 Å². The van der Waals surface area contributed by atoms with Crippen molar-refractivity contribution in [3.8, 4) is 0 Å². The molecule has 51 valence electrons. The van der Waals surface area contributed by atoms with Crippen molar-refractivity contribution in [3.05, 3.63) is 6.92 Å². The van der Waals surface area contributed by atoms with Crippen LogP contribution in [0.4, 0.5) is 0 Å². The largest absolute Gasteiger partial charge is 0.469 e. The van der Waals surface area contributed by atoms with Crippen LogP contribution < -0.4 is 0 Å². The van der Waals surface area contributed by atoms with Gasteiger partial charge in [-0.05, 0) is 25.2 Å². The van der Waals surface area contributed by atoms with E-state index in [-0.39, 0.29) is 11.4 Å². The molecule has 1 rings (SSSR count). The lowest BCUT2D eigenvalue weighted by Crippen LogP contribution is -2.07. The molecule has 1 radical (unpaired) electrons. The third-order valence-corrected chi connectivity index (χ3v) is 1.70. The maximum absolute atomic E-state index is 10.6. The van der Waals surface area contributed by atoms with Crippen molar-refractivity contribution >= 4 is 5.97 Å². The van der Waals surface area contributed by atoms with E-state index >= 15 is 0 Å². The Balaban J connectivity index is 2.25. The molecule has 0 aromatic heterocycles. The summed E-state index contributed by atoms with van der Waals surface area (Å²) in [6.45, 7) is 3.87. The van der Waals surface area contributed by atoms with Gasteiger partial charge < -0.3 is 4.74 Å². The van der Waals surface area contributed by atoms with E-state index in [9.17, 15) is 4.79 Å². The fraction of sp³-hybridized carbons (Fsp3) is 0.714. The molecule has 2 nitrogen and oxygen atoms in total. The zero-order chi connectivity index (χ0) is 6.91. The van der Waals surface area contributed by atoms with E-state index in [0.29, 0.717) is 6.42 Å². The summed E-state index contributed by atoms with van der Waals surface area (Å²) in [6.07, 6.45) is 2.63. The van der Waals surface area contributed by atoms with Crippen LogP contribution in [0.15, 0.2) is 0 Å². The van der Waals surface area contributed by atoms with Crippen molar-refractivity contribution in [2.75, 3.05) is 7.11 Å². The predicted octanol–water partition coefficient (Wildman–Crippen LogP) is 1.16. The molecule has 0 aromatic rings. The topological polar surface area (TPSA) is 26.3 Å². The predicted molar refractivity (Wildman–Crippen MR) is 33.7 cm³/mol. The van der Waals surface area contributed by atoms with E-state index in [0.717, 1.165) is 12.8 Å². The average Bonchev–Trinajstić information content (AvgIpc) is 2.48. The Morgan fingerprint density at radius 1 is 1.78 bits per heavy atom. The van der Waals surface area contributed by atoms with Gasteiger partial charge in [0.25, 0.3) is 0 Å². The van der Waals surface area contributed by atoms with Gasteiger partial charge in [-0.15, -0.1) is 0 Å². The summed E-state index contributed by atoms with van der Waals surface area (Å²) in [5.74, 6) is -0.137. The van der Waals surface area contributed by atoms with Gasteiger partial charge in [0.2, 0.25) is 0 Å². The molecule has 0 aromatic carbocycles. The average molecular weight is 127 g/mol. The lowest BCUT2D eigenvalue weighted by molar-refractivity contribution is -0.141. The van der Waals surface area contributed by atoms with Gasteiger partial charge in [0.15, 0.2) is 0 Å². The minimum Gasteiger partial charge on any atom is -0.469 e. The van der Waals surface area contributed by atoms with Crippen molar-refractivity contribution in [1.82, 2.24) is 0 Å². The van der Waals surface area contributed by atoms with E-state index in [4.69, 9.17) is 0 Å². The minimum atomic E-state index is -0.137. The number of carbonyl (C=O) groups excluding carboxylic acids is 1. The lowest BCUT2D eigenvalue weighted by atomic mass is 10.1. The summed E-state index contributed by atoms with van der Waals surface area (Å²) in [4.78, 5) is 10.6. The monoisotopic (exact) mass is 127 g/mol. The van der Waals surface area contributed by atoms with Crippen LogP contribution in [0.25, 0.3) is 0 Å². The second-order valence-electron chi connectivity index (χ2n) is 2.75. The van der Waals surface area contributed by atoms with E-state index in [1.54, 1.807) is 0 Å². The van der Waals surface area contributed by atoms with E-state index in [1.165, 1.54) is 7.11 Å². The molecule has 1 fully saturated rings. The first-order valence-corrected chi connectivity index (χ1v) is 3.08. The van der Waals surface area contributed by atoms with Crippen molar-refractivity contribution in [1.29, 1.82) is 0 Å². The van der Waals surface area contributed by atoms with Crippen LogP contribution in [0.5, 0.6) is 0 Å². The number of methoxy groups -OCH3 is 1. The standard InChI is InChI=1S/C7H11O2/c1-7(3-4-7)5-6(8)9-2/h1,3-5H2,2H3. The van der Waals surface area contributed by atoms with Crippen molar-refractivity contribution in [2.24, 2.45) is 5.41 Å². The third kappa shape index (κ3) is 1.70. The van der Waals surface area contributed by atoms with Crippen molar-refractivity contribution in [3.63, 3.8) is 0 Å². The molecule has 9 heavy (non-hydrogen) atoms. The Kier molecular flexibility index (Phi) is 1.47. The smallest absolute Gasteiger partial charge is 0.306 e. The van der Waals surface area contributed by atoms with Gasteiger partial charge in [-0.25, -0.2) is 0 Å². The van der Waals surface area contributed by atoms with Crippen molar-refractivity contribution < 1.29 is 9.53 Å². The van der Waals surface area contributed by atoms with E-state index in [2.05, 4.69) is 11.7 Å². The third-order valence-electron chi connectivity index (χ3n) is 1.70. The lowest BCUT2D eigenvalue weighted by Gasteiger charge is -2.03. The van der Waals surface area contributed by atoms with Gasteiger partial charge in [0.05, 0.1) is 13.5 Å². The molecular weight excluding hydrogens is 116 g/mol. The normalized spacial score (nSPS) is 21.1. The van der Waals surface area contributed by atoms with Gasteiger partial charge in [0, 0.05) is 0 Å². The zero-order valence-corrected chi connectivity index (χ0v) is 5.64. The summed E-state index contributed by atoms with van der Waals surface area (Å²) < 4.78 is 4.49. The first-order valence-electron chi connectivity index (χ1n) is 3.08. The Hall–Kier alpha value is -0.530. The molecule has 0 bridgehead atoms. The highest BCUT2D eigenvalue weighted by Gasteiger charge is 2.39. The summed E-state index contributed by atoms with van der Waals surface area (Å²) in [7, 11) is 1.41. The van der Waals surface area contributed by atoms with Crippen LogP contribution in [-0.2, 0) is 9.53 Å². The number of ether oxygens (including phenoxy) is 1. The summed E-state index contributed by atoms with van der Waals surface area (Å²) >= 11 is 0. The number of carbonyl (C=O) groups is 1. The van der Waals surface area contributed by atoms with E-state index < -0.39 is 0 Å². The van der Waals surface area contributed by atoms with Gasteiger partial charge in [-0.3, -0.25) is 4.79 Å². The Morgan fingerprint density at radius 3 is 2.67 bits per heavy atom. The summed E-state index contributed by atoms with van der Waals surface area (Å²) in [6, 6.07) is 0. The van der Waals surface area contributed by atoms with Gasteiger partial charge in [-0.2, -0.15) is 0 Å². The molecule has 0 N–H and O–H groups in total. The first-order chi connectivity index (χ1) is 4.16. The molecular formula is C7H11O2. The SMILES string of the molecule is [CH2]C1(CC(=O)OC)CC1. The number of esters is 1. The fourth-order valence-electron chi connectivity index (χ4n) is 0.732. The van der Waals surface area contributed by atoms with E-state index in [1.807, 2.05) is 0 Å². The Labute approximate surface area is 55.2 Å². The molecule has 0 unspecified atom stereocenters. The highest BCUT2D eigenvalue weighted by Crippen LogP contribution is 2.47. The van der Waals surface area contributed by atoms with Crippen LogP contribution >= 0.6 is 0 Å². The molecule has 1 aliphatic rings. The molecule has 2 heteroatoms. The van der Waals surface area contributed by atoms with Gasteiger partial charge in [0.1, 0.15) is 0 Å². The molecule has 0 spiro atoms. The second kappa shape index (κ2) is 2.01. The molecule has 1 aliphatic carbocycles. The highest BCUT2D eigenvalue weighted by molar-refractivity contribution is 5.70. The molecule has 0 saturated heterocycles. The quantitative estimate of drug-likeness (QED) is 0.520. The van der Waals surface area contributed by atoms with Crippen LogP contribution in [0.1, 0.15) is 19.3 Å². The second-order valence-corrected chi connectivity index (χ2v) is 2.75. The minimum absolute atomic E-state index is 0.0487. The molecule has 0 heterocycles. The number of rotatable bonds is 2. The van der Waals surface area contributed by atoms with Crippen LogP contribution in [0.3, 0.4) is 0 Å². The van der Waals surface area contributed by atoms with Crippen molar-refractivity contribution in [2.45, 2.75) is 19.3 Å². The molecule has 1 saturated carbocycles. The van der Waals surface area contributed by atoms with Gasteiger partial charge in [-0.1, -0.05) is 0 Å². The maximum Gasteiger partial charge on any atom is 0.306 e. The number of hydrogen-bond acceptors (Lipinski definition) is 2. The van der Waals surface area contributed by atoms with Crippen LogP contribution in [-0.4, -0.2) is 13.1 Å². The Morgan fingerprint density at radius 2 is 2.33 bits per heavy atom. The van der Waals surface area contributed by atoms with Gasteiger partial charge >= 0.3 is 5.97 Å². The summed E-state index contributed by atoms with van der Waals surface area (Å²) in [5.41, 5.74) is 0.0487. The zero-order valence-electron chi connectivity index (χ0n) is 5.64. The fourth-order valence-corrected chi connectivity index (χ4v) is 0.732. The number of hydrogen-bond donors (Lipinski definition) is 0. The Bertz CT molecular complexity index is 125. The molecule has 0 aliphatic heterocycles. The molecule has 0 atom stereocenters. The summed E-state index contributed by atoms with van der Waals surface area (Å²) in [5, 5.41) is 0. The molecule has 0 amide bonds. The first kappa shape index (κ1) is 6.59. The maximum atomic E-state index is 10.6. The van der Waals surface area contributed by atoms with Crippen LogP contribution in [0, 0.1) is 12.3 Å². The highest BCUT2D eigenvalue weighted by atomic mass is 16.5.